The molecule has 76 valence electrons. The van der Waals surface area contributed by atoms with Gasteiger partial charge in [-0.25, -0.2) is 0 Å². The molecule has 0 aliphatic carbocycles. The molecule has 0 aliphatic rings. The summed E-state index contributed by atoms with van der Waals surface area (Å²) >= 11 is 0. The van der Waals surface area contributed by atoms with E-state index in [0.29, 0.717) is 0 Å². The van der Waals surface area contributed by atoms with Crippen molar-refractivity contribution in [2.75, 3.05) is 14.1 Å². The predicted molar refractivity (Wildman–Crippen MR) is 33.2 cm³/mol. The number of hydrogen-bond donors (Lipinski definition) is 3. The molecular weight excluding hydrogens is 179 g/mol. The topological polar surface area (TPSA) is 109 Å². The van der Waals surface area contributed by atoms with Crippen LogP contribution in [0.2, 0.25) is 0 Å². The highest BCUT2D eigenvalue weighted by atomic mass is 19.4. The summed E-state index contributed by atoms with van der Waals surface area (Å²) in [7, 11) is 4.00. The van der Waals surface area contributed by atoms with E-state index in [0.717, 1.165) is 0 Å². The molecule has 0 rings (SSSR count). The summed E-state index contributed by atoms with van der Waals surface area (Å²) in [6.45, 7) is 0. The van der Waals surface area contributed by atoms with Crippen molar-refractivity contribution in [3.63, 3.8) is 0 Å². The first-order valence-corrected chi connectivity index (χ1v) is 2.71. The molecule has 0 aromatic carbocycles. The molecule has 0 aromatic rings. The van der Waals surface area contributed by atoms with Crippen LogP contribution in [-0.2, 0) is 4.79 Å². The molecule has 0 heterocycles. The molecular formula is C4H12F3N3O2. The molecule has 0 saturated carbocycles. The fourth-order valence-corrected chi connectivity index (χ4v) is 0. The maximum atomic E-state index is 10.5. The number of carboxylic acids is 1. The second-order valence-corrected chi connectivity index (χ2v) is 1.36. The molecule has 0 radical (unpaired) electrons. The van der Waals surface area contributed by atoms with Gasteiger partial charge in [0.2, 0.25) is 0 Å². The van der Waals surface area contributed by atoms with Gasteiger partial charge in [0, 0.05) is 0 Å². The summed E-state index contributed by atoms with van der Waals surface area (Å²) in [5.74, 6) is 4.99. The summed E-state index contributed by atoms with van der Waals surface area (Å²) in [5.41, 5.74) is 0. The van der Waals surface area contributed by atoms with Crippen LogP contribution in [-0.4, -0.2) is 26.2 Å². The van der Waals surface area contributed by atoms with Crippen LogP contribution >= 0.6 is 0 Å². The van der Waals surface area contributed by atoms with Gasteiger partial charge in [-0.3, -0.25) is 11.7 Å². The van der Waals surface area contributed by atoms with Gasteiger partial charge in [0.15, 0.2) is 0 Å². The Hall–Kier alpha value is -0.860. The minimum Gasteiger partial charge on any atom is -0.542 e. The fourth-order valence-electron chi connectivity index (χ4n) is 0. The molecule has 0 atom stereocenters. The smallest absolute Gasteiger partial charge is 0.430 e. The highest BCUT2D eigenvalue weighted by Crippen LogP contribution is 2.11. The number of rotatable bonds is 0. The number of quaternary nitrogens is 1. The minimum atomic E-state index is -5.19. The first-order chi connectivity index (χ1) is 5.36. The highest BCUT2D eigenvalue weighted by molar-refractivity contribution is 5.70. The number of carbonyl (C=O) groups excluding carboxylic acids is 1. The maximum Gasteiger partial charge on any atom is 0.430 e. The van der Waals surface area contributed by atoms with Crippen LogP contribution in [0.25, 0.3) is 0 Å². The number of halogens is 3. The summed E-state index contributed by atoms with van der Waals surface area (Å²) in [5, 5.41) is 10.8. The zero-order valence-corrected chi connectivity index (χ0v) is 6.68. The Bertz CT molecular complexity index is 106. The van der Waals surface area contributed by atoms with Crippen molar-refractivity contribution >= 4 is 5.97 Å². The van der Waals surface area contributed by atoms with E-state index in [4.69, 9.17) is 9.90 Å². The van der Waals surface area contributed by atoms with Gasteiger partial charge < -0.3 is 15.2 Å². The Kier molecular flexibility index (Phi) is 14.6. The molecule has 0 amide bonds. The SMILES string of the molecule is C[NH2+]C.NN.O=C([O-])C(F)(F)F. The Morgan fingerprint density at radius 3 is 1.42 bits per heavy atom. The van der Waals surface area contributed by atoms with Gasteiger partial charge in [0.25, 0.3) is 0 Å². The Morgan fingerprint density at radius 1 is 1.33 bits per heavy atom. The monoisotopic (exact) mass is 191 g/mol. The lowest BCUT2D eigenvalue weighted by Gasteiger charge is -2.03. The van der Waals surface area contributed by atoms with Crippen molar-refractivity contribution < 1.29 is 28.4 Å². The fraction of sp³-hybridized carbons (Fsp3) is 0.750. The number of hydrazine groups is 1. The number of hydrogen-bond acceptors (Lipinski definition) is 4. The second kappa shape index (κ2) is 10.1. The highest BCUT2D eigenvalue weighted by Gasteiger charge is 2.28. The molecule has 8 heteroatoms. The lowest BCUT2D eigenvalue weighted by Crippen LogP contribution is -2.74. The van der Waals surface area contributed by atoms with E-state index in [2.05, 4.69) is 11.7 Å². The van der Waals surface area contributed by atoms with Crippen LogP contribution in [0.15, 0.2) is 0 Å². The zero-order chi connectivity index (χ0) is 10.8. The molecule has 0 unspecified atom stereocenters. The molecule has 12 heavy (non-hydrogen) atoms. The van der Waals surface area contributed by atoms with Crippen molar-refractivity contribution in [1.82, 2.24) is 0 Å². The third-order valence-corrected chi connectivity index (χ3v) is 0.231. The summed E-state index contributed by atoms with van der Waals surface area (Å²) < 4.78 is 31.5. The average molecular weight is 191 g/mol. The van der Waals surface area contributed by atoms with E-state index in [1.807, 2.05) is 19.4 Å². The summed E-state index contributed by atoms with van der Waals surface area (Å²) in [4.78, 5) is 8.78. The molecule has 0 fully saturated rings. The third kappa shape index (κ3) is 22.9. The lowest BCUT2D eigenvalue weighted by molar-refractivity contribution is -0.597. The molecule has 0 saturated heterocycles. The van der Waals surface area contributed by atoms with Crippen LogP contribution in [0.4, 0.5) is 13.2 Å². The van der Waals surface area contributed by atoms with Gasteiger partial charge >= 0.3 is 6.18 Å². The van der Waals surface area contributed by atoms with Crippen molar-refractivity contribution in [2.45, 2.75) is 6.18 Å². The third-order valence-electron chi connectivity index (χ3n) is 0.231. The van der Waals surface area contributed by atoms with E-state index < -0.39 is 12.1 Å². The number of aliphatic carboxylic acids is 1. The van der Waals surface area contributed by atoms with Gasteiger partial charge in [0.1, 0.15) is 5.97 Å². The lowest BCUT2D eigenvalue weighted by atomic mass is 10.7. The zero-order valence-electron chi connectivity index (χ0n) is 6.68. The summed E-state index contributed by atoms with van der Waals surface area (Å²) in [6, 6.07) is 0. The molecule has 0 aromatic heterocycles. The first kappa shape index (κ1) is 17.3. The van der Waals surface area contributed by atoms with E-state index in [9.17, 15) is 13.2 Å². The number of nitrogens with two attached hydrogens (primary N) is 3. The van der Waals surface area contributed by atoms with E-state index in [1.54, 1.807) is 0 Å². The Labute approximate surface area is 67.5 Å². The Balaban J connectivity index is -0.000000137. The first-order valence-electron chi connectivity index (χ1n) is 2.71. The molecule has 5 nitrogen and oxygen atoms in total. The van der Waals surface area contributed by atoms with Gasteiger partial charge in [-0.2, -0.15) is 13.2 Å². The number of carbonyl (C=O) groups is 1. The molecule has 6 N–H and O–H groups in total. The van der Waals surface area contributed by atoms with E-state index in [-0.39, 0.29) is 0 Å². The minimum absolute atomic E-state index is 2.00. The van der Waals surface area contributed by atoms with Crippen molar-refractivity contribution in [2.24, 2.45) is 11.7 Å². The molecule has 0 aliphatic heterocycles. The predicted octanol–water partition coefficient (Wildman–Crippen LogP) is -3.07. The van der Waals surface area contributed by atoms with Gasteiger partial charge in [-0.1, -0.05) is 0 Å². The summed E-state index contributed by atoms with van der Waals surface area (Å²) in [6.07, 6.45) is -5.19. The van der Waals surface area contributed by atoms with Gasteiger partial charge in [-0.05, 0) is 0 Å². The maximum absolute atomic E-state index is 10.5. The standard InChI is InChI=1S/C2HF3O2.C2H7N.H4N2/c3-2(4,5)1(6)7;1-3-2;1-2/h(H,6,7);3H,1-2H3;1-2H2. The van der Waals surface area contributed by atoms with Gasteiger partial charge in [-0.15, -0.1) is 0 Å². The molecule has 0 spiro atoms. The second-order valence-electron chi connectivity index (χ2n) is 1.36. The number of carboxylic acid groups (broad SMARTS) is 1. The molecule has 0 bridgehead atoms. The normalized spacial score (nSPS) is 8.58. The van der Waals surface area contributed by atoms with Crippen LogP contribution in [0.5, 0.6) is 0 Å². The van der Waals surface area contributed by atoms with Crippen LogP contribution in [0.3, 0.4) is 0 Å². The van der Waals surface area contributed by atoms with E-state index >= 15 is 0 Å². The Morgan fingerprint density at radius 2 is 1.42 bits per heavy atom. The largest absolute Gasteiger partial charge is 0.542 e. The van der Waals surface area contributed by atoms with Crippen molar-refractivity contribution in [3.8, 4) is 0 Å². The van der Waals surface area contributed by atoms with Crippen molar-refractivity contribution in [1.29, 1.82) is 0 Å². The average Bonchev–Trinajstić information content (AvgIpc) is 1.91. The quantitative estimate of drug-likeness (QED) is 0.279. The van der Waals surface area contributed by atoms with E-state index in [1.165, 1.54) is 0 Å². The van der Waals surface area contributed by atoms with Crippen molar-refractivity contribution in [3.05, 3.63) is 0 Å². The van der Waals surface area contributed by atoms with Gasteiger partial charge in [0.05, 0.1) is 14.1 Å². The van der Waals surface area contributed by atoms with Crippen LogP contribution in [0, 0.1) is 0 Å². The van der Waals surface area contributed by atoms with Crippen LogP contribution < -0.4 is 22.1 Å². The number of alkyl halides is 3. The van der Waals surface area contributed by atoms with Crippen LogP contribution in [0.1, 0.15) is 0 Å².